The number of nitrogens with zero attached hydrogens (tertiary/aromatic N) is 3. The molecular weight excluding hydrogens is 398 g/mol. The maximum Gasteiger partial charge on any atom is 0.414 e. The van der Waals surface area contributed by atoms with Crippen LogP contribution in [0.5, 0.6) is 0 Å². The number of carbonyl (C=O) groups is 1. The van der Waals surface area contributed by atoms with E-state index < -0.39 is 0 Å². The Kier molecular flexibility index (Phi) is 6.42. The van der Waals surface area contributed by atoms with Gasteiger partial charge in [-0.05, 0) is 60.7 Å². The molecular formula is C24H26ClN3O2. The summed E-state index contributed by atoms with van der Waals surface area (Å²) in [4.78, 5) is 21.9. The fourth-order valence-corrected chi connectivity index (χ4v) is 3.57. The molecule has 6 heteroatoms. The minimum absolute atomic E-state index is 0.0582. The van der Waals surface area contributed by atoms with Crippen molar-refractivity contribution in [1.29, 1.82) is 0 Å². The molecule has 0 unspecified atom stereocenters. The van der Waals surface area contributed by atoms with Crippen molar-refractivity contribution in [3.05, 3.63) is 70.6 Å². The molecule has 0 aliphatic carbocycles. The molecule has 1 aliphatic heterocycles. The third kappa shape index (κ3) is 4.79. The van der Waals surface area contributed by atoms with Crippen LogP contribution in [0.25, 0.3) is 11.1 Å². The van der Waals surface area contributed by atoms with Gasteiger partial charge in [0.1, 0.15) is 6.61 Å². The number of amides is 1. The van der Waals surface area contributed by atoms with E-state index in [4.69, 9.17) is 16.3 Å². The molecule has 156 valence electrons. The normalized spacial score (nSPS) is 15.4. The summed E-state index contributed by atoms with van der Waals surface area (Å²) < 4.78 is 5.00. The van der Waals surface area contributed by atoms with E-state index >= 15 is 0 Å². The highest BCUT2D eigenvalue weighted by molar-refractivity contribution is 6.32. The van der Waals surface area contributed by atoms with E-state index in [1.807, 2.05) is 37.4 Å². The molecule has 0 saturated carbocycles. The SMILES string of the molecule is C=N/C=C(\C=C(/C)c1ccc(N2CCOC2=O)cc1Cl)c1ccnc(C(C)(C)C)c1. The molecule has 30 heavy (non-hydrogen) atoms. The van der Waals surface area contributed by atoms with Gasteiger partial charge in [0.2, 0.25) is 0 Å². The second-order valence-electron chi connectivity index (χ2n) is 8.20. The van der Waals surface area contributed by atoms with E-state index in [9.17, 15) is 4.79 Å². The van der Waals surface area contributed by atoms with Crippen molar-refractivity contribution in [2.24, 2.45) is 4.99 Å². The Labute approximate surface area is 182 Å². The van der Waals surface area contributed by atoms with Crippen LogP contribution in [0.2, 0.25) is 5.02 Å². The highest BCUT2D eigenvalue weighted by Crippen LogP contribution is 2.32. The number of hydrogen-bond acceptors (Lipinski definition) is 4. The Balaban J connectivity index is 1.95. The van der Waals surface area contributed by atoms with Crippen molar-refractivity contribution in [3.63, 3.8) is 0 Å². The lowest BCUT2D eigenvalue weighted by molar-refractivity contribution is 0.181. The lowest BCUT2D eigenvalue weighted by Crippen LogP contribution is -2.23. The number of pyridine rings is 1. The molecule has 3 rings (SSSR count). The molecule has 2 heterocycles. The number of cyclic esters (lactones) is 1. The summed E-state index contributed by atoms with van der Waals surface area (Å²) in [5, 5.41) is 0.567. The highest BCUT2D eigenvalue weighted by atomic mass is 35.5. The monoisotopic (exact) mass is 423 g/mol. The molecule has 1 saturated heterocycles. The highest BCUT2D eigenvalue weighted by Gasteiger charge is 2.24. The van der Waals surface area contributed by atoms with E-state index in [1.54, 1.807) is 17.2 Å². The standard InChI is InChI=1S/C24H26ClN3O2/c1-16(20-7-6-19(14-21(20)25)28-10-11-30-23(28)29)12-18(15-26-5)17-8-9-27-22(13-17)24(2,3)4/h6-9,12-15H,5,10-11H2,1-4H3/b16-12+,18-15+. The Bertz CT molecular complexity index is 1030. The summed E-state index contributed by atoms with van der Waals surface area (Å²) in [6.45, 7) is 12.9. The maximum atomic E-state index is 11.8. The zero-order chi connectivity index (χ0) is 21.9. The van der Waals surface area contributed by atoms with Gasteiger partial charge >= 0.3 is 6.09 Å². The maximum absolute atomic E-state index is 11.8. The van der Waals surface area contributed by atoms with Crippen LogP contribution in [0.4, 0.5) is 10.5 Å². The predicted molar refractivity (Wildman–Crippen MR) is 124 cm³/mol. The molecule has 0 atom stereocenters. The van der Waals surface area contributed by atoms with E-state index in [0.717, 1.165) is 33.7 Å². The number of rotatable bonds is 5. The van der Waals surface area contributed by atoms with Crippen molar-refractivity contribution in [2.45, 2.75) is 33.1 Å². The lowest BCUT2D eigenvalue weighted by atomic mass is 9.89. The van der Waals surface area contributed by atoms with Gasteiger partial charge in [0.05, 0.1) is 11.6 Å². The van der Waals surface area contributed by atoms with E-state index in [2.05, 4.69) is 43.5 Å². The predicted octanol–water partition coefficient (Wildman–Crippen LogP) is 6.13. The number of ether oxygens (including phenoxy) is 1. The lowest BCUT2D eigenvalue weighted by Gasteiger charge is -2.18. The van der Waals surface area contributed by atoms with Crippen molar-refractivity contribution >= 4 is 41.2 Å². The number of hydrogen-bond donors (Lipinski definition) is 0. The molecule has 1 aromatic heterocycles. The second kappa shape index (κ2) is 8.84. The van der Waals surface area contributed by atoms with Gasteiger partial charge in [0.15, 0.2) is 0 Å². The number of halogens is 1. The fraction of sp³-hybridized carbons (Fsp3) is 0.292. The molecule has 1 fully saturated rings. The number of allylic oxidation sites excluding steroid dienone is 3. The summed E-state index contributed by atoms with van der Waals surface area (Å²) in [5.41, 5.74) is 5.45. The summed E-state index contributed by atoms with van der Waals surface area (Å²) in [7, 11) is 0. The summed E-state index contributed by atoms with van der Waals surface area (Å²) >= 11 is 6.56. The average molecular weight is 424 g/mol. The first kappa shape index (κ1) is 21.8. The van der Waals surface area contributed by atoms with Gasteiger partial charge in [-0.2, -0.15) is 0 Å². The van der Waals surface area contributed by atoms with Gasteiger partial charge < -0.3 is 4.74 Å². The number of aliphatic imine (C=N–C) groups is 1. The minimum atomic E-state index is -0.347. The van der Waals surface area contributed by atoms with Gasteiger partial charge in [-0.25, -0.2) is 4.79 Å². The van der Waals surface area contributed by atoms with Gasteiger partial charge in [-0.1, -0.05) is 38.4 Å². The fourth-order valence-electron chi connectivity index (χ4n) is 3.24. The molecule has 0 N–H and O–H groups in total. The van der Waals surface area contributed by atoms with Crippen LogP contribution in [0.3, 0.4) is 0 Å². The smallest absolute Gasteiger partial charge is 0.414 e. The van der Waals surface area contributed by atoms with E-state index in [1.165, 1.54) is 0 Å². The van der Waals surface area contributed by atoms with Crippen molar-refractivity contribution < 1.29 is 9.53 Å². The molecule has 0 bridgehead atoms. The summed E-state index contributed by atoms with van der Waals surface area (Å²) in [5.74, 6) is 0. The first-order chi connectivity index (χ1) is 14.2. The van der Waals surface area contributed by atoms with Crippen molar-refractivity contribution in [3.8, 4) is 0 Å². The topological polar surface area (TPSA) is 54.8 Å². The van der Waals surface area contributed by atoms with Gasteiger partial charge in [0.25, 0.3) is 0 Å². The molecule has 0 radical (unpaired) electrons. The average Bonchev–Trinajstić information content (AvgIpc) is 3.13. The van der Waals surface area contributed by atoms with Crippen LogP contribution in [0.15, 0.2) is 53.8 Å². The zero-order valence-electron chi connectivity index (χ0n) is 17.8. The number of benzene rings is 1. The third-order valence-electron chi connectivity index (χ3n) is 4.91. The van der Waals surface area contributed by atoms with Gasteiger partial charge in [-0.3, -0.25) is 14.9 Å². The van der Waals surface area contributed by atoms with Crippen LogP contribution >= 0.6 is 11.6 Å². The molecule has 2 aromatic rings. The van der Waals surface area contributed by atoms with E-state index in [0.29, 0.717) is 18.2 Å². The van der Waals surface area contributed by atoms with Crippen molar-refractivity contribution in [1.82, 2.24) is 4.98 Å². The Morgan fingerprint density at radius 1 is 1.30 bits per heavy atom. The van der Waals surface area contributed by atoms with E-state index in [-0.39, 0.29) is 11.5 Å². The number of carbonyl (C=O) groups excluding carboxylic acids is 1. The Morgan fingerprint density at radius 3 is 2.67 bits per heavy atom. The third-order valence-corrected chi connectivity index (χ3v) is 5.23. The zero-order valence-corrected chi connectivity index (χ0v) is 18.5. The largest absolute Gasteiger partial charge is 0.447 e. The molecule has 1 amide bonds. The minimum Gasteiger partial charge on any atom is -0.447 e. The summed E-state index contributed by atoms with van der Waals surface area (Å²) in [6, 6.07) is 9.62. The van der Waals surface area contributed by atoms with Crippen LogP contribution in [-0.2, 0) is 10.2 Å². The molecule has 1 aromatic carbocycles. The Hall–Kier alpha value is -2.92. The van der Waals surface area contributed by atoms with Crippen LogP contribution < -0.4 is 4.90 Å². The second-order valence-corrected chi connectivity index (χ2v) is 8.61. The molecule has 1 aliphatic rings. The van der Waals surface area contributed by atoms with Crippen LogP contribution in [0.1, 0.15) is 44.5 Å². The van der Waals surface area contributed by atoms with Crippen molar-refractivity contribution in [2.75, 3.05) is 18.1 Å². The Morgan fingerprint density at radius 2 is 2.07 bits per heavy atom. The quantitative estimate of drug-likeness (QED) is 0.429. The van der Waals surface area contributed by atoms with Crippen LogP contribution in [0, 0.1) is 0 Å². The van der Waals surface area contributed by atoms with Gasteiger partial charge in [0, 0.05) is 34.8 Å². The summed E-state index contributed by atoms with van der Waals surface area (Å²) in [6.07, 6.45) is 5.23. The van der Waals surface area contributed by atoms with Crippen LogP contribution in [-0.4, -0.2) is 30.9 Å². The molecule has 0 spiro atoms. The number of anilines is 1. The number of aromatic nitrogens is 1. The first-order valence-electron chi connectivity index (χ1n) is 9.76. The van der Waals surface area contributed by atoms with Gasteiger partial charge in [-0.15, -0.1) is 0 Å². The first-order valence-corrected chi connectivity index (χ1v) is 10.1. The molecule has 5 nitrogen and oxygen atoms in total.